The number of nitrogens with two attached hydrogens (primary N) is 1. The van der Waals surface area contributed by atoms with Gasteiger partial charge in [-0.2, -0.15) is 0 Å². The molecule has 0 radical (unpaired) electrons. The number of rotatable bonds is 2. The Hall–Kier alpha value is -1.00. The number of carbonyl (C=O) groups excluding carboxylic acids is 1. The van der Waals surface area contributed by atoms with Crippen LogP contribution in [0.2, 0.25) is 0 Å². The molecule has 0 saturated carbocycles. The molecule has 98 valence electrons. The van der Waals surface area contributed by atoms with Crippen LogP contribution in [0.5, 0.6) is 0 Å². The number of hydrogen-bond acceptors (Lipinski definition) is 3. The lowest BCUT2D eigenvalue weighted by molar-refractivity contribution is -0.116. The fraction of sp³-hybridized carbons (Fsp3) is 0.500. The summed E-state index contributed by atoms with van der Waals surface area (Å²) >= 11 is 1.68. The van der Waals surface area contributed by atoms with E-state index in [1.165, 1.54) is 5.56 Å². The molecule has 1 amide bonds. The van der Waals surface area contributed by atoms with Gasteiger partial charge in [-0.3, -0.25) is 4.79 Å². The van der Waals surface area contributed by atoms with E-state index in [1.807, 2.05) is 4.90 Å². The van der Waals surface area contributed by atoms with E-state index in [9.17, 15) is 4.79 Å². The highest BCUT2D eigenvalue weighted by Crippen LogP contribution is 2.31. The van der Waals surface area contributed by atoms with Gasteiger partial charge in [0.1, 0.15) is 0 Å². The molecule has 0 bridgehead atoms. The van der Waals surface area contributed by atoms with Crippen LogP contribution in [0, 0.1) is 20.8 Å². The van der Waals surface area contributed by atoms with Gasteiger partial charge in [-0.15, -0.1) is 11.8 Å². The maximum Gasteiger partial charge on any atom is 0.237 e. The minimum atomic E-state index is 0.122. The molecule has 1 fully saturated rings. The van der Waals surface area contributed by atoms with Crippen LogP contribution in [0.3, 0.4) is 0 Å². The van der Waals surface area contributed by atoms with Crippen molar-refractivity contribution in [1.29, 1.82) is 0 Å². The van der Waals surface area contributed by atoms with Crippen molar-refractivity contribution in [1.82, 2.24) is 0 Å². The summed E-state index contributed by atoms with van der Waals surface area (Å²) in [7, 11) is 0. The number of nitrogens with zero attached hydrogens (tertiary/aromatic N) is 1. The normalized spacial score (nSPS) is 20.3. The minimum absolute atomic E-state index is 0.122. The van der Waals surface area contributed by atoms with Crippen molar-refractivity contribution < 1.29 is 4.79 Å². The number of amides is 1. The third kappa shape index (κ3) is 2.40. The zero-order chi connectivity index (χ0) is 13.3. The number of benzene rings is 1. The van der Waals surface area contributed by atoms with E-state index < -0.39 is 0 Å². The highest BCUT2D eigenvalue weighted by atomic mass is 32.2. The number of anilines is 1. The third-order valence-electron chi connectivity index (χ3n) is 3.32. The van der Waals surface area contributed by atoms with E-state index in [1.54, 1.807) is 11.8 Å². The van der Waals surface area contributed by atoms with Crippen molar-refractivity contribution in [2.24, 2.45) is 5.73 Å². The lowest BCUT2D eigenvalue weighted by atomic mass is 10.0. The van der Waals surface area contributed by atoms with Gasteiger partial charge in [-0.1, -0.05) is 17.7 Å². The van der Waals surface area contributed by atoms with Crippen LogP contribution in [0.1, 0.15) is 16.7 Å². The first-order chi connectivity index (χ1) is 8.54. The molecule has 2 rings (SSSR count). The Bertz CT molecular complexity index is 450. The summed E-state index contributed by atoms with van der Waals surface area (Å²) in [6.07, 6.45) is 0. The summed E-state index contributed by atoms with van der Waals surface area (Å²) in [4.78, 5) is 14.1. The zero-order valence-corrected chi connectivity index (χ0v) is 12.0. The van der Waals surface area contributed by atoms with Crippen molar-refractivity contribution in [3.8, 4) is 0 Å². The molecule has 1 unspecified atom stereocenters. The molecule has 1 aliphatic heterocycles. The van der Waals surface area contributed by atoms with Gasteiger partial charge >= 0.3 is 0 Å². The molecule has 0 spiro atoms. The quantitative estimate of drug-likeness (QED) is 0.889. The van der Waals surface area contributed by atoms with Crippen LogP contribution in [0.4, 0.5) is 5.69 Å². The van der Waals surface area contributed by atoms with Crippen LogP contribution in [-0.2, 0) is 4.79 Å². The number of aryl methyl sites for hydroxylation is 3. The van der Waals surface area contributed by atoms with Crippen LogP contribution in [0.15, 0.2) is 12.1 Å². The SMILES string of the molecule is Cc1cc(C)c(N2C(=O)CSCC2CN)c(C)c1. The standard InChI is InChI=1S/C14H20N2OS/c1-9-4-10(2)14(11(3)5-9)16-12(6-15)7-18-8-13(16)17/h4-5,12H,6-8,15H2,1-3H3. The van der Waals surface area contributed by atoms with Gasteiger partial charge in [0.2, 0.25) is 5.91 Å². The Balaban J connectivity index is 2.48. The molecule has 1 aromatic rings. The average Bonchev–Trinajstić information content (AvgIpc) is 2.29. The first-order valence-electron chi connectivity index (χ1n) is 6.22. The van der Waals surface area contributed by atoms with Gasteiger partial charge < -0.3 is 10.6 Å². The number of hydrogen-bond donors (Lipinski definition) is 1. The molecule has 0 aliphatic carbocycles. The molecule has 4 heteroatoms. The fourth-order valence-corrected chi connectivity index (χ4v) is 3.65. The van der Waals surface area contributed by atoms with E-state index in [0.29, 0.717) is 12.3 Å². The molecule has 1 heterocycles. The van der Waals surface area contributed by atoms with Gasteiger partial charge in [-0.05, 0) is 31.9 Å². The van der Waals surface area contributed by atoms with Crippen LogP contribution in [-0.4, -0.2) is 30.0 Å². The molecule has 18 heavy (non-hydrogen) atoms. The molecular weight excluding hydrogens is 244 g/mol. The van der Waals surface area contributed by atoms with Crippen molar-refractivity contribution in [2.45, 2.75) is 26.8 Å². The highest BCUT2D eigenvalue weighted by molar-refractivity contribution is 8.00. The summed E-state index contributed by atoms with van der Waals surface area (Å²) in [6, 6.07) is 4.38. The molecule has 1 atom stereocenters. The van der Waals surface area contributed by atoms with E-state index >= 15 is 0 Å². The van der Waals surface area contributed by atoms with Gasteiger partial charge in [0.05, 0.1) is 11.8 Å². The second kappa shape index (κ2) is 5.33. The van der Waals surface area contributed by atoms with Gasteiger partial charge in [-0.25, -0.2) is 0 Å². The summed E-state index contributed by atoms with van der Waals surface area (Å²) in [5.41, 5.74) is 10.4. The molecule has 1 aromatic carbocycles. The molecule has 0 aromatic heterocycles. The minimum Gasteiger partial charge on any atom is -0.328 e. The van der Waals surface area contributed by atoms with Crippen molar-refractivity contribution in [3.63, 3.8) is 0 Å². The van der Waals surface area contributed by atoms with Crippen LogP contribution in [0.25, 0.3) is 0 Å². The van der Waals surface area contributed by atoms with Crippen LogP contribution >= 0.6 is 11.8 Å². The Labute approximate surface area is 113 Å². The van der Waals surface area contributed by atoms with Gasteiger partial charge in [0.25, 0.3) is 0 Å². The second-order valence-corrected chi connectivity index (χ2v) is 5.95. The Morgan fingerprint density at radius 3 is 2.50 bits per heavy atom. The highest BCUT2D eigenvalue weighted by Gasteiger charge is 2.30. The summed E-state index contributed by atoms with van der Waals surface area (Å²) in [5.74, 6) is 1.66. The zero-order valence-electron chi connectivity index (χ0n) is 11.2. The second-order valence-electron chi connectivity index (χ2n) is 4.92. The van der Waals surface area contributed by atoms with E-state index in [4.69, 9.17) is 5.73 Å². The summed E-state index contributed by atoms with van der Waals surface area (Å²) < 4.78 is 0. The Kier molecular flexibility index (Phi) is 3.97. The molecule has 1 aliphatic rings. The third-order valence-corrected chi connectivity index (χ3v) is 4.39. The topological polar surface area (TPSA) is 46.3 Å². The van der Waals surface area contributed by atoms with Crippen molar-refractivity contribution >= 4 is 23.4 Å². The maximum absolute atomic E-state index is 12.2. The van der Waals surface area contributed by atoms with Gasteiger partial charge in [0, 0.05) is 18.0 Å². The summed E-state index contributed by atoms with van der Waals surface area (Å²) in [6.45, 7) is 6.74. The number of carbonyl (C=O) groups is 1. The van der Waals surface area contributed by atoms with Crippen molar-refractivity contribution in [2.75, 3.05) is 23.0 Å². The van der Waals surface area contributed by atoms with E-state index in [-0.39, 0.29) is 11.9 Å². The Morgan fingerprint density at radius 1 is 1.33 bits per heavy atom. The largest absolute Gasteiger partial charge is 0.328 e. The molecule has 3 nitrogen and oxygen atoms in total. The van der Waals surface area contributed by atoms with E-state index in [0.717, 1.165) is 22.6 Å². The smallest absolute Gasteiger partial charge is 0.237 e. The average molecular weight is 264 g/mol. The lowest BCUT2D eigenvalue weighted by Gasteiger charge is -2.36. The van der Waals surface area contributed by atoms with E-state index in [2.05, 4.69) is 32.9 Å². The predicted molar refractivity (Wildman–Crippen MR) is 78.3 cm³/mol. The van der Waals surface area contributed by atoms with Crippen molar-refractivity contribution in [3.05, 3.63) is 28.8 Å². The Morgan fingerprint density at radius 2 is 1.94 bits per heavy atom. The lowest BCUT2D eigenvalue weighted by Crippen LogP contribution is -2.50. The molecule has 2 N–H and O–H groups in total. The first kappa shape index (κ1) is 13.4. The fourth-order valence-electron chi connectivity index (χ4n) is 2.66. The number of thioether (sulfide) groups is 1. The van der Waals surface area contributed by atoms with Crippen LogP contribution < -0.4 is 10.6 Å². The molecule has 1 saturated heterocycles. The summed E-state index contributed by atoms with van der Waals surface area (Å²) in [5, 5.41) is 0. The molecular formula is C14H20N2OS. The monoisotopic (exact) mass is 264 g/mol. The van der Waals surface area contributed by atoms with Gasteiger partial charge in [0.15, 0.2) is 0 Å². The first-order valence-corrected chi connectivity index (χ1v) is 7.37. The predicted octanol–water partition coefficient (Wildman–Crippen LogP) is 2.02. The maximum atomic E-state index is 12.2.